The lowest BCUT2D eigenvalue weighted by Crippen LogP contribution is -2.22. The number of H-pyrrole nitrogens is 1. The van der Waals surface area contributed by atoms with Gasteiger partial charge >= 0.3 is 0 Å². The van der Waals surface area contributed by atoms with Gasteiger partial charge in [-0.1, -0.05) is 24.3 Å². The van der Waals surface area contributed by atoms with Gasteiger partial charge in [-0.3, -0.25) is 4.98 Å². The molecule has 0 aliphatic rings. The lowest BCUT2D eigenvalue weighted by Gasteiger charge is -2.19. The number of aromatic amines is 1. The summed E-state index contributed by atoms with van der Waals surface area (Å²) in [6.07, 6.45) is 0.738. The van der Waals surface area contributed by atoms with Crippen molar-refractivity contribution in [1.82, 2.24) is 25.6 Å². The SMILES string of the molecule is COc1ccc2nc(COC(CCc3nnn[nH]3)Oc3ccccc3)ccc2c1. The Kier molecular flexibility index (Phi) is 5.92. The minimum absolute atomic E-state index is 0.328. The number of methoxy groups -OCH3 is 1. The van der Waals surface area contributed by atoms with E-state index in [1.54, 1.807) is 7.11 Å². The van der Waals surface area contributed by atoms with Crippen molar-refractivity contribution in [1.29, 1.82) is 0 Å². The average Bonchev–Trinajstić information content (AvgIpc) is 3.29. The van der Waals surface area contributed by atoms with Gasteiger partial charge in [-0.25, -0.2) is 5.10 Å². The highest BCUT2D eigenvalue weighted by Gasteiger charge is 2.14. The maximum Gasteiger partial charge on any atom is 0.200 e. The first-order valence-electron chi connectivity index (χ1n) is 9.30. The largest absolute Gasteiger partial charge is 0.497 e. The van der Waals surface area contributed by atoms with Crippen LogP contribution in [0.1, 0.15) is 17.9 Å². The fourth-order valence-electron chi connectivity index (χ4n) is 2.90. The molecule has 0 aliphatic carbocycles. The first kappa shape index (κ1) is 18.8. The Morgan fingerprint density at radius 3 is 2.69 bits per heavy atom. The summed E-state index contributed by atoms with van der Waals surface area (Å²) in [5.74, 6) is 2.24. The molecule has 2 aromatic heterocycles. The zero-order valence-electron chi connectivity index (χ0n) is 16.0. The van der Waals surface area contributed by atoms with Gasteiger partial charge in [0.05, 0.1) is 24.9 Å². The Morgan fingerprint density at radius 1 is 1.00 bits per heavy atom. The van der Waals surface area contributed by atoms with Crippen molar-refractivity contribution in [3.05, 3.63) is 72.2 Å². The molecule has 1 unspecified atom stereocenters. The lowest BCUT2D eigenvalue weighted by atomic mass is 10.2. The number of tetrazole rings is 1. The lowest BCUT2D eigenvalue weighted by molar-refractivity contribution is -0.0941. The van der Waals surface area contributed by atoms with E-state index in [9.17, 15) is 0 Å². The number of aromatic nitrogens is 5. The number of nitrogens with zero attached hydrogens (tertiary/aromatic N) is 4. The van der Waals surface area contributed by atoms with Crippen LogP contribution >= 0.6 is 0 Å². The summed E-state index contributed by atoms with van der Waals surface area (Å²) >= 11 is 0. The Morgan fingerprint density at radius 2 is 1.90 bits per heavy atom. The van der Waals surface area contributed by atoms with E-state index in [4.69, 9.17) is 14.2 Å². The summed E-state index contributed by atoms with van der Waals surface area (Å²) in [6.45, 7) is 0.328. The molecule has 0 saturated carbocycles. The van der Waals surface area contributed by atoms with E-state index >= 15 is 0 Å². The van der Waals surface area contributed by atoms with Crippen molar-refractivity contribution in [3.63, 3.8) is 0 Å². The molecular formula is C21H21N5O3. The number of fused-ring (bicyclic) bond motifs is 1. The van der Waals surface area contributed by atoms with Gasteiger partial charge in [0.15, 0.2) is 0 Å². The number of pyridine rings is 1. The number of benzene rings is 2. The molecule has 29 heavy (non-hydrogen) atoms. The van der Waals surface area contributed by atoms with E-state index in [0.717, 1.165) is 28.1 Å². The highest BCUT2D eigenvalue weighted by Crippen LogP contribution is 2.21. The van der Waals surface area contributed by atoms with Gasteiger partial charge in [-0.2, -0.15) is 0 Å². The van der Waals surface area contributed by atoms with Gasteiger partial charge in [0.1, 0.15) is 17.3 Å². The monoisotopic (exact) mass is 391 g/mol. The van der Waals surface area contributed by atoms with E-state index in [1.807, 2.05) is 60.7 Å². The molecule has 0 bridgehead atoms. The van der Waals surface area contributed by atoms with Crippen molar-refractivity contribution < 1.29 is 14.2 Å². The summed E-state index contributed by atoms with van der Waals surface area (Å²) in [6, 6.07) is 19.3. The van der Waals surface area contributed by atoms with Crippen molar-refractivity contribution in [3.8, 4) is 11.5 Å². The number of para-hydroxylation sites is 1. The average molecular weight is 391 g/mol. The Bertz CT molecular complexity index is 1040. The highest BCUT2D eigenvalue weighted by atomic mass is 16.7. The molecule has 0 radical (unpaired) electrons. The molecule has 2 aromatic carbocycles. The van der Waals surface area contributed by atoms with Gasteiger partial charge < -0.3 is 14.2 Å². The second kappa shape index (κ2) is 9.11. The predicted molar refractivity (Wildman–Crippen MR) is 106 cm³/mol. The predicted octanol–water partition coefficient (Wildman–Crippen LogP) is 3.31. The van der Waals surface area contributed by atoms with E-state index in [1.165, 1.54) is 0 Å². The molecule has 0 fully saturated rings. The number of nitrogens with one attached hydrogen (secondary N) is 1. The molecule has 8 nitrogen and oxygen atoms in total. The van der Waals surface area contributed by atoms with Crippen molar-refractivity contribution in [2.75, 3.05) is 7.11 Å². The molecule has 0 spiro atoms. The Hall–Kier alpha value is -3.52. The third-order valence-corrected chi connectivity index (χ3v) is 4.39. The van der Waals surface area contributed by atoms with Crippen LogP contribution in [0.25, 0.3) is 10.9 Å². The molecule has 1 N–H and O–H groups in total. The van der Waals surface area contributed by atoms with Gasteiger partial charge in [0.2, 0.25) is 6.29 Å². The van der Waals surface area contributed by atoms with Crippen LogP contribution in [0.15, 0.2) is 60.7 Å². The zero-order chi connectivity index (χ0) is 19.9. The summed E-state index contributed by atoms with van der Waals surface area (Å²) in [5.41, 5.74) is 1.71. The minimum atomic E-state index is -0.462. The van der Waals surface area contributed by atoms with Crippen LogP contribution in [0, 0.1) is 0 Å². The number of aryl methyl sites for hydroxylation is 1. The molecule has 0 amide bonds. The zero-order valence-corrected chi connectivity index (χ0v) is 16.0. The third-order valence-electron chi connectivity index (χ3n) is 4.39. The number of rotatable bonds is 9. The fourth-order valence-corrected chi connectivity index (χ4v) is 2.90. The molecule has 8 heteroatoms. The molecule has 1 atom stereocenters. The Labute approximate surface area is 167 Å². The molecule has 4 aromatic rings. The molecule has 2 heterocycles. The number of ether oxygens (including phenoxy) is 3. The first-order chi connectivity index (χ1) is 14.3. The molecule has 0 saturated heterocycles. The topological polar surface area (TPSA) is 95.0 Å². The maximum atomic E-state index is 6.03. The van der Waals surface area contributed by atoms with Crippen molar-refractivity contribution in [2.45, 2.75) is 25.7 Å². The fraction of sp³-hybridized carbons (Fsp3) is 0.238. The summed E-state index contributed by atoms with van der Waals surface area (Å²) in [7, 11) is 1.65. The molecule has 0 aliphatic heterocycles. The minimum Gasteiger partial charge on any atom is -0.497 e. The maximum absolute atomic E-state index is 6.03. The van der Waals surface area contributed by atoms with Crippen LogP contribution in [0.4, 0.5) is 0 Å². The summed E-state index contributed by atoms with van der Waals surface area (Å²) in [4.78, 5) is 4.67. The number of hydrogen-bond acceptors (Lipinski definition) is 7. The van der Waals surface area contributed by atoms with E-state index < -0.39 is 6.29 Å². The van der Waals surface area contributed by atoms with Crippen LogP contribution in [-0.2, 0) is 17.8 Å². The van der Waals surface area contributed by atoms with Crippen LogP contribution < -0.4 is 9.47 Å². The van der Waals surface area contributed by atoms with Crippen LogP contribution in [-0.4, -0.2) is 39.0 Å². The van der Waals surface area contributed by atoms with E-state index in [-0.39, 0.29) is 0 Å². The van der Waals surface area contributed by atoms with Crippen LogP contribution in [0.3, 0.4) is 0 Å². The first-order valence-corrected chi connectivity index (χ1v) is 9.30. The van der Waals surface area contributed by atoms with Crippen LogP contribution in [0.5, 0.6) is 11.5 Å². The van der Waals surface area contributed by atoms with Gasteiger partial charge in [-0.15, -0.1) is 5.10 Å². The highest BCUT2D eigenvalue weighted by molar-refractivity contribution is 5.80. The standard InChI is InChI=1S/C21H21N5O3/c1-27-18-9-10-19-15(13-18)7-8-16(22-19)14-28-21(12-11-20-23-25-26-24-20)29-17-5-3-2-4-6-17/h2-10,13,21H,11-12,14H2,1H3,(H,23,24,25,26). The Balaban J connectivity index is 1.44. The summed E-state index contributed by atoms with van der Waals surface area (Å²) in [5, 5.41) is 14.9. The third kappa shape index (κ3) is 5.05. The quantitative estimate of drug-likeness (QED) is 0.437. The second-order valence-electron chi connectivity index (χ2n) is 6.42. The molecule has 148 valence electrons. The van der Waals surface area contributed by atoms with E-state index in [2.05, 4.69) is 25.6 Å². The van der Waals surface area contributed by atoms with Crippen molar-refractivity contribution in [2.24, 2.45) is 0 Å². The second-order valence-corrected chi connectivity index (χ2v) is 6.42. The smallest absolute Gasteiger partial charge is 0.200 e. The number of hydrogen-bond donors (Lipinski definition) is 1. The molecule has 4 rings (SSSR count). The van der Waals surface area contributed by atoms with Gasteiger partial charge in [0.25, 0.3) is 0 Å². The normalized spacial score (nSPS) is 12.0. The van der Waals surface area contributed by atoms with Gasteiger partial charge in [-0.05, 0) is 46.8 Å². The molecular weight excluding hydrogens is 370 g/mol. The van der Waals surface area contributed by atoms with Crippen molar-refractivity contribution >= 4 is 10.9 Å². The van der Waals surface area contributed by atoms with E-state index in [0.29, 0.717) is 25.3 Å². The van der Waals surface area contributed by atoms with Crippen LogP contribution in [0.2, 0.25) is 0 Å². The summed E-state index contributed by atoms with van der Waals surface area (Å²) < 4.78 is 17.3. The van der Waals surface area contributed by atoms with Gasteiger partial charge in [0, 0.05) is 18.2 Å².